The highest BCUT2D eigenvalue weighted by Gasteiger charge is 2.38. The van der Waals surface area contributed by atoms with Gasteiger partial charge in [0, 0.05) is 55.6 Å². The molecule has 11 rings (SSSR count). The van der Waals surface area contributed by atoms with E-state index >= 15 is 0 Å². The highest BCUT2D eigenvalue weighted by molar-refractivity contribution is 6.03. The minimum atomic E-state index is -4.45. The minimum absolute atomic E-state index is 0.0755. The van der Waals surface area contributed by atoms with Crippen LogP contribution in [0, 0.1) is 0 Å². The number of benzene rings is 2. The molecule has 2 amide bonds. The quantitative estimate of drug-likeness (QED) is 0.176. The topological polar surface area (TPSA) is 102 Å². The van der Waals surface area contributed by atoms with Crippen molar-refractivity contribution in [1.29, 1.82) is 0 Å². The monoisotopic (exact) mass is 759 g/mol. The number of anilines is 5. The van der Waals surface area contributed by atoms with Crippen LogP contribution in [0.15, 0.2) is 91.1 Å². The van der Waals surface area contributed by atoms with Crippen LogP contribution in [0.3, 0.4) is 0 Å². The second-order valence-corrected chi connectivity index (χ2v) is 13.8. The molecule has 6 aliphatic heterocycles. The van der Waals surface area contributed by atoms with Gasteiger partial charge in [0.15, 0.2) is 17.5 Å². The number of carbonyl (C=O) groups excluding carboxylic acids is 1. The Morgan fingerprint density at radius 2 is 1.27 bits per heavy atom. The Labute approximate surface area is 312 Å². The van der Waals surface area contributed by atoms with Gasteiger partial charge in [0.1, 0.15) is 0 Å². The summed E-state index contributed by atoms with van der Waals surface area (Å²) in [4.78, 5) is 28.6. The molecule has 0 spiro atoms. The van der Waals surface area contributed by atoms with Crippen molar-refractivity contribution < 1.29 is 31.1 Å². The van der Waals surface area contributed by atoms with E-state index in [2.05, 4.69) is 40.6 Å². The van der Waals surface area contributed by atoms with Gasteiger partial charge >= 0.3 is 18.4 Å². The van der Waals surface area contributed by atoms with Crippen LogP contribution in [0.5, 0.6) is 0 Å². The number of fused-ring (bicyclic) bond motifs is 4. The number of pyridine rings is 2. The van der Waals surface area contributed by atoms with Gasteiger partial charge in [-0.25, -0.2) is 14.8 Å². The largest absolute Gasteiger partial charge is 0.416 e. The Hall–Kier alpha value is -5.93. The number of rotatable bonds is 3. The van der Waals surface area contributed by atoms with Gasteiger partial charge in [-0.3, -0.25) is 10.2 Å². The fraction of sp³-hybridized carbons (Fsp3) is 0.308. The number of aromatic nitrogens is 4. The summed E-state index contributed by atoms with van der Waals surface area (Å²) in [7, 11) is 0. The third kappa shape index (κ3) is 7.57. The number of carbonyl (C=O) groups is 1. The average molecular weight is 760 g/mol. The number of hydrogen-bond acceptors (Lipinski definition) is 8. The van der Waals surface area contributed by atoms with Gasteiger partial charge in [-0.2, -0.15) is 31.4 Å². The second-order valence-electron chi connectivity index (χ2n) is 13.8. The zero-order chi connectivity index (χ0) is 38.3. The molecule has 0 radical (unpaired) electrons. The Kier molecular flexibility index (Phi) is 9.43. The zero-order valence-electron chi connectivity index (χ0n) is 29.3. The van der Waals surface area contributed by atoms with E-state index in [0.717, 1.165) is 93.3 Å². The van der Waals surface area contributed by atoms with Gasteiger partial charge < -0.3 is 15.1 Å². The van der Waals surface area contributed by atoms with Gasteiger partial charge in [-0.15, -0.1) is 5.10 Å². The summed E-state index contributed by atoms with van der Waals surface area (Å²) in [6.45, 7) is 3.54. The summed E-state index contributed by atoms with van der Waals surface area (Å²) in [5.41, 5.74) is 2.19. The van der Waals surface area contributed by atoms with Gasteiger partial charge in [-0.05, 0) is 86.3 Å². The highest BCUT2D eigenvalue weighted by atomic mass is 19.4. The maximum atomic E-state index is 13.2. The highest BCUT2D eigenvalue weighted by Crippen LogP contribution is 2.41. The van der Waals surface area contributed by atoms with Crippen LogP contribution in [0.1, 0.15) is 36.8 Å². The molecule has 0 unspecified atom stereocenters. The number of hydrogen-bond donors (Lipinski definition) is 2. The molecule has 2 N–H and O–H groups in total. The molecule has 6 aliphatic rings. The van der Waals surface area contributed by atoms with E-state index in [4.69, 9.17) is 0 Å². The first-order chi connectivity index (χ1) is 26.4. The molecule has 5 aromatic rings. The Balaban J connectivity index is 0.000000164. The van der Waals surface area contributed by atoms with Crippen LogP contribution in [0.25, 0.3) is 22.5 Å². The second kappa shape index (κ2) is 14.4. The summed E-state index contributed by atoms with van der Waals surface area (Å²) in [6, 6.07) is 20.9. The molecule has 0 saturated carbocycles. The van der Waals surface area contributed by atoms with Crippen LogP contribution in [-0.4, -0.2) is 64.5 Å². The lowest BCUT2D eigenvalue weighted by atomic mass is 10.1. The lowest BCUT2D eigenvalue weighted by Gasteiger charge is -2.31. The Morgan fingerprint density at radius 1 is 0.691 bits per heavy atom. The predicted molar refractivity (Wildman–Crippen MR) is 197 cm³/mol. The van der Waals surface area contributed by atoms with E-state index in [1.54, 1.807) is 41.3 Å². The summed E-state index contributed by atoms with van der Waals surface area (Å²) >= 11 is 0. The molecule has 55 heavy (non-hydrogen) atoms. The number of nitrogens with zero attached hydrogens (tertiary/aromatic N) is 7. The molecule has 2 aromatic carbocycles. The lowest BCUT2D eigenvalue weighted by molar-refractivity contribution is -0.138. The van der Waals surface area contributed by atoms with E-state index in [1.807, 2.05) is 12.1 Å². The van der Waals surface area contributed by atoms with Crippen molar-refractivity contribution in [3.8, 4) is 22.5 Å². The standard InChI is InChI=1S/C22H19F3N6O.C17H16F3N3/c23-22(24,25)15-4-1-3-14(13-15)17-6-7-18-20(27-17)31(16-8-11-30(18)12-9-16)21(32)28-19-5-2-10-26-29-19;18-17(19,20)12-3-1-2-11(10-12)14-4-5-15-16(22-14)21-13-6-8-23(15)9-7-13/h1-7,10,13,16H,8-9,11-12H2,(H,28,29,32);1-5,10,13H,6-9H2,(H,21,22). The lowest BCUT2D eigenvalue weighted by Crippen LogP contribution is -2.46. The van der Waals surface area contributed by atoms with Gasteiger partial charge in [0.05, 0.1) is 33.9 Å². The number of alkyl halides is 6. The molecule has 2 saturated heterocycles. The average Bonchev–Trinajstić information content (AvgIpc) is 3.61. The van der Waals surface area contributed by atoms with Crippen molar-refractivity contribution in [2.45, 2.75) is 50.1 Å². The van der Waals surface area contributed by atoms with Gasteiger partial charge in [0.25, 0.3) is 0 Å². The smallest absolute Gasteiger partial charge is 0.368 e. The number of piperidine rings is 2. The van der Waals surface area contributed by atoms with Crippen molar-refractivity contribution in [3.05, 3.63) is 102 Å². The van der Waals surface area contributed by atoms with Crippen molar-refractivity contribution in [2.75, 3.05) is 51.5 Å². The maximum absolute atomic E-state index is 13.2. The first-order valence-electron chi connectivity index (χ1n) is 17.9. The number of nitrogens with one attached hydrogen (secondary N) is 2. The molecule has 16 heteroatoms. The Bertz CT molecular complexity index is 2180. The molecule has 4 bridgehead atoms. The number of amides is 2. The van der Waals surface area contributed by atoms with E-state index < -0.39 is 29.5 Å². The molecule has 10 nitrogen and oxygen atoms in total. The van der Waals surface area contributed by atoms with Crippen molar-refractivity contribution >= 4 is 34.9 Å². The normalized spacial score (nSPS) is 16.7. The van der Waals surface area contributed by atoms with Crippen molar-refractivity contribution in [1.82, 2.24) is 20.2 Å². The van der Waals surface area contributed by atoms with Crippen molar-refractivity contribution in [3.63, 3.8) is 0 Å². The van der Waals surface area contributed by atoms with Crippen LogP contribution >= 0.6 is 0 Å². The predicted octanol–water partition coefficient (Wildman–Crippen LogP) is 8.74. The molecular formula is C39H35F6N9O. The molecule has 2 fully saturated rings. The number of urea groups is 1. The zero-order valence-corrected chi connectivity index (χ0v) is 29.3. The minimum Gasteiger partial charge on any atom is -0.368 e. The van der Waals surface area contributed by atoms with Gasteiger partial charge in [0.2, 0.25) is 0 Å². The van der Waals surface area contributed by atoms with Crippen LogP contribution < -0.4 is 25.3 Å². The van der Waals surface area contributed by atoms with Crippen molar-refractivity contribution in [2.24, 2.45) is 0 Å². The third-order valence-electron chi connectivity index (χ3n) is 10.3. The number of halogens is 6. The van der Waals surface area contributed by atoms with Crippen LogP contribution in [-0.2, 0) is 12.4 Å². The van der Waals surface area contributed by atoms with E-state index in [-0.39, 0.29) is 6.04 Å². The molecule has 0 aliphatic carbocycles. The fourth-order valence-electron chi connectivity index (χ4n) is 7.51. The third-order valence-corrected chi connectivity index (χ3v) is 10.3. The summed E-state index contributed by atoms with van der Waals surface area (Å²) in [6.07, 6.45) is -3.62. The SMILES string of the molecule is FC(F)(F)c1cccc(-c2ccc3c(n2)NC2CCN3CC2)c1.O=C(Nc1cccnn1)N1c2nc(-c3cccc(C(F)(F)F)c3)ccc2N2CCC1CC2. The first kappa shape index (κ1) is 36.1. The molecule has 3 aromatic heterocycles. The summed E-state index contributed by atoms with van der Waals surface area (Å²) in [5, 5.41) is 13.9. The van der Waals surface area contributed by atoms with E-state index in [9.17, 15) is 31.1 Å². The molecular weight excluding hydrogens is 724 g/mol. The molecule has 284 valence electrons. The van der Waals surface area contributed by atoms with E-state index in [0.29, 0.717) is 40.2 Å². The molecule has 0 atom stereocenters. The maximum Gasteiger partial charge on any atom is 0.416 e. The fourth-order valence-corrected chi connectivity index (χ4v) is 7.51. The summed E-state index contributed by atoms with van der Waals surface area (Å²) < 4.78 is 78.2. The Morgan fingerprint density at radius 3 is 1.87 bits per heavy atom. The first-order valence-corrected chi connectivity index (χ1v) is 17.9. The van der Waals surface area contributed by atoms with Crippen LogP contribution in [0.2, 0.25) is 0 Å². The van der Waals surface area contributed by atoms with E-state index in [1.165, 1.54) is 18.3 Å². The van der Waals surface area contributed by atoms with Crippen LogP contribution in [0.4, 0.5) is 60.0 Å². The van der Waals surface area contributed by atoms with Gasteiger partial charge in [-0.1, -0.05) is 24.3 Å². The molecule has 9 heterocycles. The summed E-state index contributed by atoms with van der Waals surface area (Å²) in [5.74, 6) is 1.52.